The topological polar surface area (TPSA) is 72.3 Å². The maximum Gasteiger partial charge on any atom is 0.231 e. The zero-order valence-corrected chi connectivity index (χ0v) is 11.2. The Morgan fingerprint density at radius 3 is 2.41 bits per heavy atom. The van der Waals surface area contributed by atoms with E-state index in [1.165, 1.54) is 12.8 Å². The van der Waals surface area contributed by atoms with Gasteiger partial charge < -0.3 is 11.5 Å². The molecule has 0 spiro atoms. The Kier molecular flexibility index (Phi) is 5.40. The molecular formula is C13H27N3O. The van der Waals surface area contributed by atoms with E-state index in [9.17, 15) is 4.79 Å². The molecular weight excluding hydrogens is 214 g/mol. The first-order valence-corrected chi connectivity index (χ1v) is 6.77. The first-order chi connectivity index (χ1) is 8.04. The van der Waals surface area contributed by atoms with Crippen molar-refractivity contribution in [2.45, 2.75) is 51.5 Å². The molecule has 4 nitrogen and oxygen atoms in total. The van der Waals surface area contributed by atoms with Gasteiger partial charge in [-0.15, -0.1) is 0 Å². The molecule has 0 heterocycles. The Labute approximate surface area is 105 Å². The third-order valence-corrected chi connectivity index (χ3v) is 4.10. The monoisotopic (exact) mass is 241 g/mol. The van der Waals surface area contributed by atoms with Crippen LogP contribution in [0.2, 0.25) is 0 Å². The van der Waals surface area contributed by atoms with Gasteiger partial charge in [0.15, 0.2) is 0 Å². The number of hydrogen-bond acceptors (Lipinski definition) is 3. The first kappa shape index (κ1) is 14.5. The summed E-state index contributed by atoms with van der Waals surface area (Å²) in [5.41, 5.74) is 11.4. The second-order valence-corrected chi connectivity index (χ2v) is 5.50. The molecule has 0 atom stereocenters. The summed E-state index contributed by atoms with van der Waals surface area (Å²) in [5, 5.41) is 0. The average molecular weight is 241 g/mol. The highest BCUT2D eigenvalue weighted by Gasteiger charge is 2.38. The van der Waals surface area contributed by atoms with Crippen molar-refractivity contribution in [3.63, 3.8) is 0 Å². The first-order valence-electron chi connectivity index (χ1n) is 6.77. The molecule has 100 valence electrons. The summed E-state index contributed by atoms with van der Waals surface area (Å²) in [4.78, 5) is 13.4. The Morgan fingerprint density at radius 2 is 2.00 bits per heavy atom. The minimum atomic E-state index is -0.245. The highest BCUT2D eigenvalue weighted by atomic mass is 16.1. The van der Waals surface area contributed by atoms with Gasteiger partial charge in [0.2, 0.25) is 5.91 Å². The maximum atomic E-state index is 11.2. The largest absolute Gasteiger partial charge is 0.369 e. The van der Waals surface area contributed by atoms with Gasteiger partial charge in [-0.3, -0.25) is 9.69 Å². The third-order valence-electron chi connectivity index (χ3n) is 4.10. The summed E-state index contributed by atoms with van der Waals surface area (Å²) in [7, 11) is 0. The van der Waals surface area contributed by atoms with Crippen LogP contribution in [0.15, 0.2) is 0 Å². The smallest absolute Gasteiger partial charge is 0.231 e. The number of carbonyl (C=O) groups excluding carboxylic acids is 1. The number of nitrogens with zero attached hydrogens (tertiary/aromatic N) is 1. The van der Waals surface area contributed by atoms with Gasteiger partial charge in [-0.2, -0.15) is 0 Å². The van der Waals surface area contributed by atoms with Crippen molar-refractivity contribution in [2.24, 2.45) is 17.4 Å². The van der Waals surface area contributed by atoms with Crippen LogP contribution in [-0.4, -0.2) is 36.0 Å². The molecule has 1 saturated carbocycles. The van der Waals surface area contributed by atoms with Crippen molar-refractivity contribution in [3.05, 3.63) is 0 Å². The zero-order valence-electron chi connectivity index (χ0n) is 11.2. The van der Waals surface area contributed by atoms with E-state index in [1.807, 2.05) is 0 Å². The van der Waals surface area contributed by atoms with Crippen molar-refractivity contribution in [1.29, 1.82) is 0 Å². The van der Waals surface area contributed by atoms with Gasteiger partial charge in [0.1, 0.15) is 0 Å². The fourth-order valence-electron chi connectivity index (χ4n) is 2.89. The predicted molar refractivity (Wildman–Crippen MR) is 70.5 cm³/mol. The minimum absolute atomic E-state index is 0.0115. The standard InChI is InChI=1S/C13H27N3O/c1-3-8-16(9-12(15)17)13(10-14)6-4-11(2)5-7-13/h11H,3-10,14H2,1-2H3,(H2,15,17). The Balaban J connectivity index is 2.75. The molecule has 1 aliphatic rings. The lowest BCUT2D eigenvalue weighted by Crippen LogP contribution is -2.57. The zero-order chi connectivity index (χ0) is 12.9. The predicted octanol–water partition coefficient (Wildman–Crippen LogP) is 1.09. The fraction of sp³-hybridized carbons (Fsp3) is 0.923. The molecule has 0 aliphatic heterocycles. The van der Waals surface area contributed by atoms with Crippen molar-refractivity contribution >= 4 is 5.91 Å². The van der Waals surface area contributed by atoms with Crippen LogP contribution in [0.3, 0.4) is 0 Å². The van der Waals surface area contributed by atoms with Crippen LogP contribution in [-0.2, 0) is 4.79 Å². The van der Waals surface area contributed by atoms with E-state index in [-0.39, 0.29) is 11.4 Å². The van der Waals surface area contributed by atoms with E-state index < -0.39 is 0 Å². The second-order valence-electron chi connectivity index (χ2n) is 5.50. The SMILES string of the molecule is CCCN(CC(N)=O)C1(CN)CCC(C)CC1. The Bertz CT molecular complexity index is 247. The highest BCUT2D eigenvalue weighted by Crippen LogP contribution is 2.35. The molecule has 4 heteroatoms. The highest BCUT2D eigenvalue weighted by molar-refractivity contribution is 5.76. The van der Waals surface area contributed by atoms with Crippen LogP contribution in [0.25, 0.3) is 0 Å². The molecule has 4 N–H and O–H groups in total. The normalized spacial score (nSPS) is 29.5. The van der Waals surface area contributed by atoms with Crippen LogP contribution < -0.4 is 11.5 Å². The molecule has 1 rings (SSSR count). The third kappa shape index (κ3) is 3.68. The summed E-state index contributed by atoms with van der Waals surface area (Å²) in [6.07, 6.45) is 5.63. The lowest BCUT2D eigenvalue weighted by atomic mass is 9.76. The number of carbonyl (C=O) groups is 1. The van der Waals surface area contributed by atoms with E-state index in [1.54, 1.807) is 0 Å². The number of primary amides is 1. The molecule has 0 aromatic carbocycles. The van der Waals surface area contributed by atoms with Gasteiger partial charge in [-0.1, -0.05) is 13.8 Å². The molecule has 0 bridgehead atoms. The molecule has 17 heavy (non-hydrogen) atoms. The number of amides is 1. The van der Waals surface area contributed by atoms with Crippen molar-refractivity contribution in [1.82, 2.24) is 4.90 Å². The number of rotatable bonds is 6. The van der Waals surface area contributed by atoms with E-state index in [4.69, 9.17) is 11.5 Å². The molecule has 0 aromatic heterocycles. The second kappa shape index (κ2) is 6.36. The Morgan fingerprint density at radius 1 is 1.41 bits per heavy atom. The Hall–Kier alpha value is -0.610. The van der Waals surface area contributed by atoms with Gasteiger partial charge in [0.05, 0.1) is 6.54 Å². The molecule has 0 unspecified atom stereocenters. The average Bonchev–Trinajstić information content (AvgIpc) is 2.30. The lowest BCUT2D eigenvalue weighted by Gasteiger charge is -2.47. The summed E-state index contributed by atoms with van der Waals surface area (Å²) in [5.74, 6) is 0.539. The molecule has 1 amide bonds. The van der Waals surface area contributed by atoms with E-state index in [0.29, 0.717) is 13.1 Å². The molecule has 1 aliphatic carbocycles. The van der Waals surface area contributed by atoms with Gasteiger partial charge in [0.25, 0.3) is 0 Å². The van der Waals surface area contributed by atoms with E-state index in [2.05, 4.69) is 18.7 Å². The number of hydrogen-bond donors (Lipinski definition) is 2. The van der Waals surface area contributed by atoms with Gasteiger partial charge in [0, 0.05) is 12.1 Å². The molecule has 1 fully saturated rings. The maximum absolute atomic E-state index is 11.2. The fourth-order valence-corrected chi connectivity index (χ4v) is 2.89. The van der Waals surface area contributed by atoms with Crippen molar-refractivity contribution < 1.29 is 4.79 Å². The molecule has 0 radical (unpaired) electrons. The van der Waals surface area contributed by atoms with Crippen molar-refractivity contribution in [3.8, 4) is 0 Å². The molecule has 0 aromatic rings. The summed E-state index contributed by atoms with van der Waals surface area (Å²) in [6.45, 7) is 6.31. The van der Waals surface area contributed by atoms with Crippen LogP contribution in [0.1, 0.15) is 46.0 Å². The van der Waals surface area contributed by atoms with Crippen LogP contribution in [0.5, 0.6) is 0 Å². The van der Waals surface area contributed by atoms with Crippen molar-refractivity contribution in [2.75, 3.05) is 19.6 Å². The van der Waals surface area contributed by atoms with E-state index in [0.717, 1.165) is 31.7 Å². The van der Waals surface area contributed by atoms with Gasteiger partial charge in [-0.25, -0.2) is 0 Å². The van der Waals surface area contributed by atoms with E-state index >= 15 is 0 Å². The minimum Gasteiger partial charge on any atom is -0.369 e. The van der Waals surface area contributed by atoms with Crippen LogP contribution in [0, 0.1) is 5.92 Å². The summed E-state index contributed by atoms with van der Waals surface area (Å²) in [6, 6.07) is 0. The van der Waals surface area contributed by atoms with Crippen LogP contribution in [0.4, 0.5) is 0 Å². The lowest BCUT2D eigenvalue weighted by molar-refractivity contribution is -0.121. The van der Waals surface area contributed by atoms with Crippen LogP contribution >= 0.6 is 0 Å². The summed E-state index contributed by atoms with van der Waals surface area (Å²) < 4.78 is 0. The quantitative estimate of drug-likeness (QED) is 0.731. The number of nitrogens with two attached hydrogens (primary N) is 2. The van der Waals surface area contributed by atoms with Gasteiger partial charge >= 0.3 is 0 Å². The van der Waals surface area contributed by atoms with Gasteiger partial charge in [-0.05, 0) is 44.6 Å². The summed E-state index contributed by atoms with van der Waals surface area (Å²) >= 11 is 0. The molecule has 0 saturated heterocycles.